The van der Waals surface area contributed by atoms with Gasteiger partial charge in [-0.1, -0.05) is 0 Å². The summed E-state index contributed by atoms with van der Waals surface area (Å²) in [4.78, 5) is 11.6. The predicted octanol–water partition coefficient (Wildman–Crippen LogP) is 0.665. The number of carbonyl (C=O) groups is 1. The summed E-state index contributed by atoms with van der Waals surface area (Å²) >= 11 is 0. The molecule has 0 aromatic heterocycles. The molecule has 0 bridgehead atoms. The molecule has 118 valence electrons. The molecule has 0 N–H and O–H groups in total. The molecule has 2 rings (SSSR count). The van der Waals surface area contributed by atoms with Gasteiger partial charge in [0.1, 0.15) is 11.0 Å². The Morgan fingerprint density at radius 1 is 1.20 bits per heavy atom. The normalized spacial score (nSPS) is 29.9. The third-order valence-electron chi connectivity index (χ3n) is 4.33. The summed E-state index contributed by atoms with van der Waals surface area (Å²) in [7, 11) is 0.437. The topological polar surface area (TPSA) is 35.5 Å². The van der Waals surface area contributed by atoms with Crippen molar-refractivity contribution in [2.45, 2.75) is 75.4 Å². The molecule has 0 aromatic carbocycles. The van der Waals surface area contributed by atoms with Gasteiger partial charge in [0.15, 0.2) is 10.9 Å². The van der Waals surface area contributed by atoms with Crippen LogP contribution in [-0.4, -0.2) is 34.6 Å². The lowest BCUT2D eigenvalue weighted by atomic mass is 9.97. The molecule has 2 saturated heterocycles. The Labute approximate surface area is 131 Å². The second-order valence-corrected chi connectivity index (χ2v) is 8.68. The van der Waals surface area contributed by atoms with Gasteiger partial charge in [-0.15, -0.1) is 0 Å². The van der Waals surface area contributed by atoms with Gasteiger partial charge >= 0.3 is 6.16 Å². The largest absolute Gasteiger partial charge is 1.00 e. The minimum atomic E-state index is -0.504. The Bertz CT molecular complexity index is 320. The molecular weight excluding hydrogens is 296 g/mol. The average Bonchev–Trinajstić information content (AvgIpc) is 2.37. The van der Waals surface area contributed by atoms with Crippen molar-refractivity contribution in [3.8, 4) is 0 Å². The Kier molecular flexibility index (Phi) is 6.99. The van der Waals surface area contributed by atoms with Crippen LogP contribution in [0.15, 0.2) is 0 Å². The minimum absolute atomic E-state index is 0. The Morgan fingerprint density at radius 3 is 2.60 bits per heavy atom. The van der Waals surface area contributed by atoms with Crippen molar-refractivity contribution >= 4 is 17.1 Å². The van der Waals surface area contributed by atoms with Crippen molar-refractivity contribution < 1.29 is 26.7 Å². The van der Waals surface area contributed by atoms with Gasteiger partial charge in [-0.05, 0) is 70.2 Å². The zero-order valence-electron chi connectivity index (χ0n) is 12.8. The number of fused-ring (bicyclic) bond motifs is 1. The SMILES string of the molecule is CCOC(=O)OC(C)(C)C1CCCC2CCCC[S+]21.[Cl-]. The molecule has 2 fully saturated rings. The number of hydrogen-bond acceptors (Lipinski definition) is 3. The van der Waals surface area contributed by atoms with Gasteiger partial charge in [-0.3, -0.25) is 0 Å². The van der Waals surface area contributed by atoms with Crippen LogP contribution in [0.25, 0.3) is 0 Å². The summed E-state index contributed by atoms with van der Waals surface area (Å²) in [6.45, 7) is 6.33. The third kappa shape index (κ3) is 4.20. The molecule has 0 saturated carbocycles. The van der Waals surface area contributed by atoms with Crippen LogP contribution in [0.1, 0.15) is 59.3 Å². The summed E-state index contributed by atoms with van der Waals surface area (Å²) in [5.74, 6) is 1.34. The van der Waals surface area contributed by atoms with E-state index in [1.807, 2.05) is 6.92 Å². The molecule has 3 nitrogen and oxygen atoms in total. The lowest BCUT2D eigenvalue weighted by Crippen LogP contribution is -3.00. The summed E-state index contributed by atoms with van der Waals surface area (Å²) < 4.78 is 10.6. The highest BCUT2D eigenvalue weighted by atomic mass is 35.5. The maximum Gasteiger partial charge on any atom is 0.508 e. The molecule has 0 aromatic rings. The molecule has 2 heterocycles. The second kappa shape index (κ2) is 7.79. The van der Waals surface area contributed by atoms with Crippen LogP contribution in [0, 0.1) is 0 Å². The van der Waals surface area contributed by atoms with E-state index in [9.17, 15) is 4.79 Å². The lowest BCUT2D eigenvalue weighted by Gasteiger charge is -2.40. The van der Waals surface area contributed by atoms with Gasteiger partial charge in [-0.25, -0.2) is 4.79 Å². The summed E-state index contributed by atoms with van der Waals surface area (Å²) in [5, 5.41) is 1.41. The second-order valence-electron chi connectivity index (χ2n) is 6.10. The number of rotatable bonds is 3. The van der Waals surface area contributed by atoms with Crippen LogP contribution >= 0.6 is 0 Å². The Balaban J connectivity index is 0.00000200. The highest BCUT2D eigenvalue weighted by Gasteiger charge is 2.52. The highest BCUT2D eigenvalue weighted by molar-refractivity contribution is 7.98. The van der Waals surface area contributed by atoms with Gasteiger partial charge in [-0.2, -0.15) is 0 Å². The first-order valence-electron chi connectivity index (χ1n) is 7.59. The summed E-state index contributed by atoms with van der Waals surface area (Å²) in [5.41, 5.74) is -0.384. The summed E-state index contributed by atoms with van der Waals surface area (Å²) in [6, 6.07) is 0. The standard InChI is InChI=1S/C15H27O3S.ClH/c1-4-17-14(16)18-15(2,3)13-10-7-9-12-8-5-6-11-19(12)13;/h12-13H,4-11H2,1-3H3;1H/q+1;/p-1. The van der Waals surface area contributed by atoms with Gasteiger partial charge in [0.05, 0.1) is 6.61 Å². The van der Waals surface area contributed by atoms with E-state index in [1.165, 1.54) is 44.3 Å². The Hall–Kier alpha value is -0.0900. The lowest BCUT2D eigenvalue weighted by molar-refractivity contribution is -0.0176. The van der Waals surface area contributed by atoms with Crippen LogP contribution in [0.2, 0.25) is 0 Å². The first kappa shape index (κ1) is 18.0. The van der Waals surface area contributed by atoms with Crippen molar-refractivity contribution in [1.82, 2.24) is 0 Å². The fraction of sp³-hybridized carbons (Fsp3) is 0.933. The van der Waals surface area contributed by atoms with E-state index < -0.39 is 6.16 Å². The number of ether oxygens (including phenoxy) is 2. The first-order valence-corrected chi connectivity index (χ1v) is 9.11. The summed E-state index contributed by atoms with van der Waals surface area (Å²) in [6.07, 6.45) is 7.49. The zero-order valence-corrected chi connectivity index (χ0v) is 14.4. The molecule has 3 atom stereocenters. The van der Waals surface area contributed by atoms with E-state index in [0.717, 1.165) is 5.25 Å². The number of halogens is 1. The van der Waals surface area contributed by atoms with E-state index in [0.29, 0.717) is 22.8 Å². The third-order valence-corrected chi connectivity index (χ3v) is 7.95. The van der Waals surface area contributed by atoms with E-state index >= 15 is 0 Å². The zero-order chi connectivity index (χ0) is 13.9. The monoisotopic (exact) mass is 322 g/mol. The smallest absolute Gasteiger partial charge is 0.508 e. The molecule has 0 aliphatic carbocycles. The van der Waals surface area contributed by atoms with Crippen LogP contribution < -0.4 is 12.4 Å². The molecule has 0 radical (unpaired) electrons. The first-order chi connectivity index (χ1) is 9.04. The number of carbonyl (C=O) groups excluding carboxylic acids is 1. The van der Waals surface area contributed by atoms with E-state index in [4.69, 9.17) is 9.47 Å². The van der Waals surface area contributed by atoms with Gasteiger partial charge in [0.25, 0.3) is 0 Å². The predicted molar refractivity (Wildman–Crippen MR) is 79.7 cm³/mol. The van der Waals surface area contributed by atoms with Crippen molar-refractivity contribution in [3.05, 3.63) is 0 Å². The van der Waals surface area contributed by atoms with Gasteiger partial charge < -0.3 is 21.9 Å². The molecule has 0 amide bonds. The van der Waals surface area contributed by atoms with Crippen LogP contribution in [-0.2, 0) is 20.4 Å². The number of hydrogen-bond donors (Lipinski definition) is 0. The van der Waals surface area contributed by atoms with Crippen molar-refractivity contribution in [2.75, 3.05) is 12.4 Å². The molecule has 5 heteroatoms. The fourth-order valence-corrected chi connectivity index (χ4v) is 7.26. The van der Waals surface area contributed by atoms with Gasteiger partial charge in [0.2, 0.25) is 0 Å². The van der Waals surface area contributed by atoms with Crippen molar-refractivity contribution in [2.24, 2.45) is 0 Å². The molecule has 2 aliphatic rings. The van der Waals surface area contributed by atoms with Gasteiger partial charge in [0, 0.05) is 0 Å². The quantitative estimate of drug-likeness (QED) is 0.566. The minimum Gasteiger partial charge on any atom is -1.00 e. The Morgan fingerprint density at radius 2 is 1.90 bits per heavy atom. The molecule has 20 heavy (non-hydrogen) atoms. The van der Waals surface area contributed by atoms with Crippen molar-refractivity contribution in [3.63, 3.8) is 0 Å². The maximum atomic E-state index is 11.6. The van der Waals surface area contributed by atoms with Crippen LogP contribution in [0.3, 0.4) is 0 Å². The highest BCUT2D eigenvalue weighted by Crippen LogP contribution is 2.40. The average molecular weight is 323 g/mol. The van der Waals surface area contributed by atoms with Crippen molar-refractivity contribution in [1.29, 1.82) is 0 Å². The molecule has 3 unspecified atom stereocenters. The molecular formula is C15H27ClO3S. The van der Waals surface area contributed by atoms with Crippen LogP contribution in [0.5, 0.6) is 0 Å². The maximum absolute atomic E-state index is 11.6. The van der Waals surface area contributed by atoms with Crippen LogP contribution in [0.4, 0.5) is 4.79 Å². The fourth-order valence-electron chi connectivity index (χ4n) is 3.45. The molecule has 0 spiro atoms. The van der Waals surface area contributed by atoms with E-state index in [1.54, 1.807) is 0 Å². The molecule has 2 aliphatic heterocycles. The van der Waals surface area contributed by atoms with E-state index in [2.05, 4.69) is 13.8 Å². The van der Waals surface area contributed by atoms with E-state index in [-0.39, 0.29) is 18.0 Å².